The smallest absolute Gasteiger partial charge is 0.310 e. The first-order valence-corrected chi connectivity index (χ1v) is 5.42. The molecule has 0 spiro atoms. The summed E-state index contributed by atoms with van der Waals surface area (Å²) < 4.78 is 4.86. The van der Waals surface area contributed by atoms with Gasteiger partial charge in [-0.05, 0) is 31.0 Å². The Labute approximate surface area is 100 Å². The van der Waals surface area contributed by atoms with Gasteiger partial charge in [-0.2, -0.15) is 5.26 Å². The van der Waals surface area contributed by atoms with E-state index >= 15 is 0 Å². The van der Waals surface area contributed by atoms with Crippen LogP contribution in [0.4, 0.5) is 0 Å². The minimum Gasteiger partial charge on any atom is -0.466 e. The third kappa shape index (κ3) is 2.77. The second-order valence-electron chi connectivity index (χ2n) is 3.35. The number of hydrogen-bond acceptors (Lipinski definition) is 4. The van der Waals surface area contributed by atoms with Gasteiger partial charge in [0.25, 0.3) is 0 Å². The highest BCUT2D eigenvalue weighted by Gasteiger charge is 2.13. The van der Waals surface area contributed by atoms with E-state index in [1.807, 2.05) is 13.0 Å². The van der Waals surface area contributed by atoms with Gasteiger partial charge in [0.1, 0.15) is 0 Å². The summed E-state index contributed by atoms with van der Waals surface area (Å²) in [7, 11) is 0. The van der Waals surface area contributed by atoms with Crippen LogP contribution >= 0.6 is 12.6 Å². The lowest BCUT2D eigenvalue weighted by molar-refractivity contribution is -0.142. The van der Waals surface area contributed by atoms with E-state index < -0.39 is 0 Å². The molecule has 0 saturated heterocycles. The van der Waals surface area contributed by atoms with E-state index in [0.717, 1.165) is 5.56 Å². The Bertz CT molecular complexity index is 449. The molecule has 0 unspecified atom stereocenters. The van der Waals surface area contributed by atoms with Gasteiger partial charge in [0.2, 0.25) is 0 Å². The van der Waals surface area contributed by atoms with E-state index in [1.165, 1.54) is 0 Å². The lowest BCUT2D eigenvalue weighted by Gasteiger charge is -2.09. The second kappa shape index (κ2) is 5.57. The van der Waals surface area contributed by atoms with Crippen molar-refractivity contribution in [2.45, 2.75) is 25.2 Å². The van der Waals surface area contributed by atoms with Crippen LogP contribution in [0.5, 0.6) is 0 Å². The van der Waals surface area contributed by atoms with Crippen molar-refractivity contribution in [1.82, 2.24) is 0 Å². The van der Waals surface area contributed by atoms with Crippen LogP contribution in [-0.2, 0) is 16.0 Å². The molecule has 0 aliphatic heterocycles. The van der Waals surface area contributed by atoms with Gasteiger partial charge in [0, 0.05) is 4.90 Å². The van der Waals surface area contributed by atoms with Crippen molar-refractivity contribution in [3.63, 3.8) is 0 Å². The van der Waals surface area contributed by atoms with Crippen molar-refractivity contribution in [1.29, 1.82) is 5.26 Å². The van der Waals surface area contributed by atoms with Gasteiger partial charge in [0.15, 0.2) is 0 Å². The van der Waals surface area contributed by atoms with Crippen molar-refractivity contribution < 1.29 is 9.53 Å². The van der Waals surface area contributed by atoms with Crippen LogP contribution in [0, 0.1) is 18.3 Å². The zero-order valence-electron chi connectivity index (χ0n) is 9.28. The molecule has 0 bridgehead atoms. The Morgan fingerprint density at radius 1 is 1.56 bits per heavy atom. The highest BCUT2D eigenvalue weighted by Crippen LogP contribution is 2.22. The fraction of sp³-hybridized carbons (Fsp3) is 0.333. The lowest BCUT2D eigenvalue weighted by atomic mass is 10.0. The monoisotopic (exact) mass is 235 g/mol. The standard InChI is InChI=1S/C12H13NO2S/c1-3-15-12(14)6-9-10(7-13)8(2)4-5-11(9)16/h4-5,16H,3,6H2,1-2H3. The molecule has 1 aromatic rings. The molecule has 16 heavy (non-hydrogen) atoms. The maximum absolute atomic E-state index is 11.4. The number of benzene rings is 1. The molecule has 84 valence electrons. The number of nitrogens with zero attached hydrogens (tertiary/aromatic N) is 1. The number of aryl methyl sites for hydroxylation is 1. The topological polar surface area (TPSA) is 50.1 Å². The first-order chi connectivity index (χ1) is 7.60. The molecule has 3 nitrogen and oxygen atoms in total. The lowest BCUT2D eigenvalue weighted by Crippen LogP contribution is -2.10. The molecular formula is C12H13NO2S. The molecule has 0 N–H and O–H groups in total. The zero-order chi connectivity index (χ0) is 12.1. The summed E-state index contributed by atoms with van der Waals surface area (Å²) >= 11 is 4.25. The number of esters is 1. The molecule has 1 rings (SSSR count). The predicted molar refractivity (Wildman–Crippen MR) is 63.5 cm³/mol. The Morgan fingerprint density at radius 2 is 2.25 bits per heavy atom. The summed E-state index contributed by atoms with van der Waals surface area (Å²) in [4.78, 5) is 12.0. The number of nitriles is 1. The van der Waals surface area contributed by atoms with Crippen LogP contribution in [0.15, 0.2) is 17.0 Å². The summed E-state index contributed by atoms with van der Waals surface area (Å²) in [5.41, 5.74) is 2.00. The van der Waals surface area contributed by atoms with Crippen molar-refractivity contribution in [3.05, 3.63) is 28.8 Å². The first kappa shape index (κ1) is 12.6. The van der Waals surface area contributed by atoms with Crippen molar-refractivity contribution in [3.8, 4) is 6.07 Å². The maximum Gasteiger partial charge on any atom is 0.310 e. The van der Waals surface area contributed by atoms with Crippen LogP contribution in [-0.4, -0.2) is 12.6 Å². The van der Waals surface area contributed by atoms with Crippen LogP contribution in [0.3, 0.4) is 0 Å². The van der Waals surface area contributed by atoms with Gasteiger partial charge >= 0.3 is 5.97 Å². The number of carbonyl (C=O) groups excluding carboxylic acids is 1. The number of carbonyl (C=O) groups is 1. The molecule has 0 radical (unpaired) electrons. The van der Waals surface area contributed by atoms with E-state index in [-0.39, 0.29) is 12.4 Å². The number of hydrogen-bond donors (Lipinski definition) is 1. The molecule has 0 aromatic heterocycles. The van der Waals surface area contributed by atoms with Crippen LogP contribution in [0.2, 0.25) is 0 Å². The Hall–Kier alpha value is -1.47. The van der Waals surface area contributed by atoms with Gasteiger partial charge in [-0.25, -0.2) is 0 Å². The fourth-order valence-corrected chi connectivity index (χ4v) is 1.71. The number of rotatable bonds is 3. The average molecular weight is 235 g/mol. The predicted octanol–water partition coefficient (Wildman–Crippen LogP) is 2.26. The quantitative estimate of drug-likeness (QED) is 0.646. The summed E-state index contributed by atoms with van der Waals surface area (Å²) in [5, 5.41) is 9.03. The highest BCUT2D eigenvalue weighted by molar-refractivity contribution is 7.80. The Morgan fingerprint density at radius 3 is 2.81 bits per heavy atom. The SMILES string of the molecule is CCOC(=O)Cc1c(S)ccc(C)c1C#N. The minimum absolute atomic E-state index is 0.0945. The van der Waals surface area contributed by atoms with Crippen LogP contribution in [0.1, 0.15) is 23.6 Å². The highest BCUT2D eigenvalue weighted by atomic mass is 32.1. The van der Waals surface area contributed by atoms with Crippen LogP contribution in [0.25, 0.3) is 0 Å². The molecule has 1 aromatic carbocycles. The zero-order valence-corrected chi connectivity index (χ0v) is 10.2. The van der Waals surface area contributed by atoms with E-state index in [4.69, 9.17) is 10.00 Å². The Kier molecular flexibility index (Phi) is 4.39. The van der Waals surface area contributed by atoms with E-state index in [0.29, 0.717) is 22.6 Å². The molecule has 0 amide bonds. The molecule has 0 aliphatic carbocycles. The van der Waals surface area contributed by atoms with Crippen molar-refractivity contribution in [2.24, 2.45) is 0 Å². The summed E-state index contributed by atoms with van der Waals surface area (Å²) in [5.74, 6) is -0.333. The molecule has 0 atom stereocenters. The van der Waals surface area contributed by atoms with E-state index in [9.17, 15) is 4.79 Å². The summed E-state index contributed by atoms with van der Waals surface area (Å²) in [6.07, 6.45) is 0.0945. The van der Waals surface area contributed by atoms with E-state index in [2.05, 4.69) is 18.7 Å². The number of thiol groups is 1. The third-order valence-electron chi connectivity index (χ3n) is 2.23. The van der Waals surface area contributed by atoms with Crippen LogP contribution < -0.4 is 0 Å². The number of ether oxygens (including phenoxy) is 1. The Balaban J connectivity index is 3.08. The van der Waals surface area contributed by atoms with Gasteiger partial charge in [0.05, 0.1) is 24.7 Å². The molecule has 4 heteroatoms. The largest absolute Gasteiger partial charge is 0.466 e. The first-order valence-electron chi connectivity index (χ1n) is 4.97. The third-order valence-corrected chi connectivity index (χ3v) is 2.65. The molecule has 0 aliphatic rings. The molecular weight excluding hydrogens is 222 g/mol. The van der Waals surface area contributed by atoms with Gasteiger partial charge < -0.3 is 4.74 Å². The maximum atomic E-state index is 11.4. The fourth-order valence-electron chi connectivity index (χ4n) is 1.44. The molecule has 0 saturated carbocycles. The summed E-state index contributed by atoms with van der Waals surface area (Å²) in [6.45, 7) is 3.93. The summed E-state index contributed by atoms with van der Waals surface area (Å²) in [6, 6.07) is 5.70. The van der Waals surface area contributed by atoms with Gasteiger partial charge in [-0.15, -0.1) is 12.6 Å². The van der Waals surface area contributed by atoms with Crippen molar-refractivity contribution in [2.75, 3.05) is 6.61 Å². The second-order valence-corrected chi connectivity index (χ2v) is 3.83. The van der Waals surface area contributed by atoms with E-state index in [1.54, 1.807) is 13.0 Å². The molecule has 0 fully saturated rings. The minimum atomic E-state index is -0.333. The van der Waals surface area contributed by atoms with Gasteiger partial charge in [-0.3, -0.25) is 4.79 Å². The van der Waals surface area contributed by atoms with Gasteiger partial charge in [-0.1, -0.05) is 6.07 Å². The molecule has 0 heterocycles. The average Bonchev–Trinajstić information content (AvgIpc) is 2.24. The normalized spacial score (nSPS) is 9.62. The van der Waals surface area contributed by atoms with Crippen molar-refractivity contribution >= 4 is 18.6 Å².